The van der Waals surface area contributed by atoms with E-state index in [1.807, 2.05) is 0 Å². The van der Waals surface area contributed by atoms with Gasteiger partial charge >= 0.3 is 0 Å². The van der Waals surface area contributed by atoms with Gasteiger partial charge in [0.2, 0.25) is 0 Å². The van der Waals surface area contributed by atoms with Crippen LogP contribution in [0.3, 0.4) is 0 Å². The minimum Gasteiger partial charge on any atom is -0.354 e. The molecule has 0 aliphatic carbocycles. The molecule has 0 aliphatic heterocycles. The van der Waals surface area contributed by atoms with Gasteiger partial charge in [0.1, 0.15) is 0 Å². The average Bonchev–Trinajstić information content (AvgIpc) is 2.65. The van der Waals surface area contributed by atoms with Crippen molar-refractivity contribution in [2.45, 2.75) is 47.7 Å². The lowest BCUT2D eigenvalue weighted by molar-refractivity contribution is 0.238. The maximum absolute atomic E-state index is 3.55. The highest BCUT2D eigenvalue weighted by atomic mass is 14.9. The Labute approximate surface area is 100 Å². The molecule has 1 N–H and O–H groups in total. The van der Waals surface area contributed by atoms with E-state index in [1.165, 1.54) is 5.56 Å². The first kappa shape index (κ1) is 13.3. The quantitative estimate of drug-likeness (QED) is 0.781. The molecular weight excluding hydrogens is 196 g/mol. The van der Waals surface area contributed by atoms with Crippen LogP contribution >= 0.6 is 0 Å². The SMILES string of the molecule is CCn1ccc(CNCC(C)(C)C(C)C)c1. The molecule has 0 spiro atoms. The molecule has 0 aromatic carbocycles. The lowest BCUT2D eigenvalue weighted by Crippen LogP contribution is -2.33. The Morgan fingerprint density at radius 3 is 2.56 bits per heavy atom. The van der Waals surface area contributed by atoms with Crippen molar-refractivity contribution >= 4 is 0 Å². The van der Waals surface area contributed by atoms with E-state index in [0.29, 0.717) is 11.3 Å². The molecule has 0 saturated heterocycles. The van der Waals surface area contributed by atoms with Crippen molar-refractivity contribution in [3.63, 3.8) is 0 Å². The van der Waals surface area contributed by atoms with Gasteiger partial charge in [0.25, 0.3) is 0 Å². The zero-order valence-corrected chi connectivity index (χ0v) is 11.4. The summed E-state index contributed by atoms with van der Waals surface area (Å²) in [6.07, 6.45) is 4.36. The molecule has 0 amide bonds. The smallest absolute Gasteiger partial charge is 0.0220 e. The van der Waals surface area contributed by atoms with Gasteiger partial charge in [-0.25, -0.2) is 0 Å². The lowest BCUT2D eigenvalue weighted by Gasteiger charge is -2.29. The first-order chi connectivity index (χ1) is 7.45. The van der Waals surface area contributed by atoms with E-state index in [1.54, 1.807) is 0 Å². The third-order valence-corrected chi connectivity index (χ3v) is 3.65. The Hall–Kier alpha value is -0.760. The number of hydrogen-bond acceptors (Lipinski definition) is 1. The molecule has 1 aromatic rings. The van der Waals surface area contributed by atoms with Crippen molar-refractivity contribution in [2.75, 3.05) is 6.54 Å². The first-order valence-electron chi connectivity index (χ1n) is 6.31. The molecule has 1 rings (SSSR count). The van der Waals surface area contributed by atoms with E-state index in [4.69, 9.17) is 0 Å². The molecular formula is C14H26N2. The molecule has 0 fully saturated rings. The van der Waals surface area contributed by atoms with Crippen molar-refractivity contribution in [1.29, 1.82) is 0 Å². The maximum Gasteiger partial charge on any atom is 0.0220 e. The van der Waals surface area contributed by atoms with Crippen LogP contribution in [0.4, 0.5) is 0 Å². The molecule has 0 saturated carbocycles. The van der Waals surface area contributed by atoms with E-state index in [-0.39, 0.29) is 0 Å². The highest BCUT2D eigenvalue weighted by Gasteiger charge is 2.21. The average molecular weight is 222 g/mol. The molecule has 2 heteroatoms. The minimum atomic E-state index is 0.368. The van der Waals surface area contributed by atoms with Crippen LogP contribution < -0.4 is 5.32 Å². The van der Waals surface area contributed by atoms with Crippen molar-refractivity contribution in [1.82, 2.24) is 9.88 Å². The molecule has 0 bridgehead atoms. The molecule has 0 atom stereocenters. The summed E-state index contributed by atoms with van der Waals surface area (Å²) in [4.78, 5) is 0. The van der Waals surface area contributed by atoms with E-state index in [2.05, 4.69) is 63.0 Å². The number of hydrogen-bond donors (Lipinski definition) is 1. The Balaban J connectivity index is 2.35. The maximum atomic E-state index is 3.55. The van der Waals surface area contributed by atoms with Gasteiger partial charge in [-0.05, 0) is 29.9 Å². The summed E-state index contributed by atoms with van der Waals surface area (Å²) in [5.41, 5.74) is 1.74. The van der Waals surface area contributed by atoms with Crippen molar-refractivity contribution in [3.05, 3.63) is 24.0 Å². The van der Waals surface area contributed by atoms with Crippen LogP contribution in [0.15, 0.2) is 18.5 Å². The van der Waals surface area contributed by atoms with E-state index >= 15 is 0 Å². The first-order valence-corrected chi connectivity index (χ1v) is 6.31. The molecule has 92 valence electrons. The summed E-state index contributed by atoms with van der Waals surface area (Å²) in [5, 5.41) is 3.55. The second kappa shape index (κ2) is 5.53. The monoisotopic (exact) mass is 222 g/mol. The van der Waals surface area contributed by atoms with Crippen molar-refractivity contribution < 1.29 is 0 Å². The van der Waals surface area contributed by atoms with Gasteiger partial charge in [-0.3, -0.25) is 0 Å². The van der Waals surface area contributed by atoms with Crippen LogP contribution in [0.2, 0.25) is 0 Å². The van der Waals surface area contributed by atoms with Crippen LogP contribution in [0, 0.1) is 11.3 Å². The fourth-order valence-corrected chi connectivity index (χ4v) is 1.52. The summed E-state index contributed by atoms with van der Waals surface area (Å²) in [6.45, 7) is 14.5. The fraction of sp³-hybridized carbons (Fsp3) is 0.714. The summed E-state index contributed by atoms with van der Waals surface area (Å²) < 4.78 is 2.21. The highest BCUT2D eigenvalue weighted by Crippen LogP contribution is 2.24. The van der Waals surface area contributed by atoms with Crippen LogP contribution in [-0.4, -0.2) is 11.1 Å². The fourth-order valence-electron chi connectivity index (χ4n) is 1.52. The van der Waals surface area contributed by atoms with Gasteiger partial charge in [0.15, 0.2) is 0 Å². The second-order valence-corrected chi connectivity index (χ2v) is 5.60. The Kier molecular flexibility index (Phi) is 4.60. The minimum absolute atomic E-state index is 0.368. The van der Waals surface area contributed by atoms with Gasteiger partial charge in [-0.1, -0.05) is 27.7 Å². The highest BCUT2D eigenvalue weighted by molar-refractivity contribution is 5.09. The summed E-state index contributed by atoms with van der Waals surface area (Å²) in [5.74, 6) is 0.709. The van der Waals surface area contributed by atoms with Gasteiger partial charge in [0, 0.05) is 32.0 Å². The third kappa shape index (κ3) is 3.67. The molecule has 1 heterocycles. The normalized spacial score (nSPS) is 12.4. The van der Waals surface area contributed by atoms with Crippen LogP contribution in [0.25, 0.3) is 0 Å². The van der Waals surface area contributed by atoms with Gasteiger partial charge in [0.05, 0.1) is 0 Å². The number of nitrogens with one attached hydrogen (secondary N) is 1. The van der Waals surface area contributed by atoms with Gasteiger partial charge in [-0.2, -0.15) is 0 Å². The molecule has 0 aliphatic rings. The predicted octanol–water partition coefficient (Wildman–Crippen LogP) is 3.28. The van der Waals surface area contributed by atoms with Crippen molar-refractivity contribution in [3.8, 4) is 0 Å². The van der Waals surface area contributed by atoms with Crippen LogP contribution in [-0.2, 0) is 13.1 Å². The van der Waals surface area contributed by atoms with E-state index in [0.717, 1.165) is 19.6 Å². The molecule has 2 nitrogen and oxygen atoms in total. The van der Waals surface area contributed by atoms with Crippen molar-refractivity contribution in [2.24, 2.45) is 11.3 Å². The molecule has 16 heavy (non-hydrogen) atoms. The molecule has 0 unspecified atom stereocenters. The molecule has 0 radical (unpaired) electrons. The third-order valence-electron chi connectivity index (χ3n) is 3.65. The standard InChI is InChI=1S/C14H26N2/c1-6-16-8-7-13(10-16)9-15-11-14(4,5)12(2)3/h7-8,10,12,15H,6,9,11H2,1-5H3. The lowest BCUT2D eigenvalue weighted by atomic mass is 9.81. The number of nitrogens with zero attached hydrogens (tertiary/aromatic N) is 1. The molecule has 1 aromatic heterocycles. The second-order valence-electron chi connectivity index (χ2n) is 5.60. The number of aryl methyl sites for hydroxylation is 1. The van der Waals surface area contributed by atoms with E-state index < -0.39 is 0 Å². The summed E-state index contributed by atoms with van der Waals surface area (Å²) >= 11 is 0. The summed E-state index contributed by atoms with van der Waals surface area (Å²) in [7, 11) is 0. The largest absolute Gasteiger partial charge is 0.354 e. The van der Waals surface area contributed by atoms with Gasteiger partial charge < -0.3 is 9.88 Å². The number of aromatic nitrogens is 1. The summed E-state index contributed by atoms with van der Waals surface area (Å²) in [6, 6.07) is 2.19. The van der Waals surface area contributed by atoms with E-state index in [9.17, 15) is 0 Å². The topological polar surface area (TPSA) is 17.0 Å². The zero-order chi connectivity index (χ0) is 12.2. The van der Waals surface area contributed by atoms with Crippen LogP contribution in [0.1, 0.15) is 40.2 Å². The predicted molar refractivity (Wildman–Crippen MR) is 70.4 cm³/mol. The zero-order valence-electron chi connectivity index (χ0n) is 11.4. The number of rotatable bonds is 6. The van der Waals surface area contributed by atoms with Crippen LogP contribution in [0.5, 0.6) is 0 Å². The van der Waals surface area contributed by atoms with Gasteiger partial charge in [-0.15, -0.1) is 0 Å². The Morgan fingerprint density at radius 2 is 2.06 bits per heavy atom. The Bertz CT molecular complexity index is 310. The Morgan fingerprint density at radius 1 is 1.38 bits per heavy atom.